The predicted octanol–water partition coefficient (Wildman–Crippen LogP) is -0.0366. The molecule has 6 nitrogen and oxygen atoms in total. The second-order valence-electron chi connectivity index (χ2n) is 2.32. The van der Waals surface area contributed by atoms with Gasteiger partial charge in [-0.1, -0.05) is 0 Å². The van der Waals surface area contributed by atoms with Crippen LogP contribution < -0.4 is 5.90 Å². The van der Waals surface area contributed by atoms with E-state index in [9.17, 15) is 4.57 Å². The van der Waals surface area contributed by atoms with Crippen molar-refractivity contribution in [2.75, 3.05) is 33.4 Å². The third kappa shape index (κ3) is 2.04. The molecule has 0 aromatic rings. The van der Waals surface area contributed by atoms with Crippen LogP contribution in [0, 0.1) is 0 Å². The number of hydrogen-bond donors (Lipinski definition) is 1. The highest BCUT2D eigenvalue weighted by molar-refractivity contribution is 7.51. The van der Waals surface area contributed by atoms with Gasteiger partial charge in [0.05, 0.1) is 13.2 Å². The molecule has 1 saturated heterocycles. The molecular formula is C5H13N2O4P. The van der Waals surface area contributed by atoms with Crippen LogP contribution in [0.2, 0.25) is 0 Å². The minimum Gasteiger partial charge on any atom is -0.379 e. The van der Waals surface area contributed by atoms with Gasteiger partial charge in [0.15, 0.2) is 0 Å². The summed E-state index contributed by atoms with van der Waals surface area (Å²) in [5.41, 5.74) is 0. The molecule has 0 aromatic carbocycles. The number of hydrogen-bond acceptors (Lipinski definition) is 5. The van der Waals surface area contributed by atoms with Crippen molar-refractivity contribution in [2.45, 2.75) is 0 Å². The summed E-state index contributed by atoms with van der Waals surface area (Å²) in [6, 6.07) is 0. The minimum atomic E-state index is -3.23. The summed E-state index contributed by atoms with van der Waals surface area (Å²) in [5, 5.41) is 0. The Morgan fingerprint density at radius 2 is 2.08 bits per heavy atom. The van der Waals surface area contributed by atoms with Crippen LogP contribution in [0.25, 0.3) is 0 Å². The van der Waals surface area contributed by atoms with Crippen molar-refractivity contribution >= 4 is 7.75 Å². The third-order valence-corrected chi connectivity index (χ3v) is 3.52. The lowest BCUT2D eigenvalue weighted by Gasteiger charge is -2.30. The number of ether oxygens (including phenoxy) is 1. The van der Waals surface area contributed by atoms with Crippen LogP contribution in [-0.2, 0) is 18.5 Å². The predicted molar refractivity (Wildman–Crippen MR) is 42.3 cm³/mol. The van der Waals surface area contributed by atoms with Crippen molar-refractivity contribution in [1.82, 2.24) is 4.67 Å². The summed E-state index contributed by atoms with van der Waals surface area (Å²) in [5.74, 6) is 4.88. The molecule has 1 unspecified atom stereocenters. The van der Waals surface area contributed by atoms with Crippen LogP contribution in [0.3, 0.4) is 0 Å². The molecule has 0 aromatic heterocycles. The van der Waals surface area contributed by atoms with E-state index in [1.165, 1.54) is 7.11 Å². The van der Waals surface area contributed by atoms with E-state index in [-0.39, 0.29) is 0 Å². The van der Waals surface area contributed by atoms with Gasteiger partial charge in [0.25, 0.3) is 0 Å². The third-order valence-electron chi connectivity index (χ3n) is 1.70. The number of rotatable bonds is 3. The van der Waals surface area contributed by atoms with E-state index in [2.05, 4.69) is 4.62 Å². The van der Waals surface area contributed by atoms with Crippen molar-refractivity contribution in [2.24, 2.45) is 5.90 Å². The van der Waals surface area contributed by atoms with Crippen molar-refractivity contribution in [3.63, 3.8) is 0 Å². The van der Waals surface area contributed by atoms with Gasteiger partial charge in [-0.25, -0.2) is 19.8 Å². The van der Waals surface area contributed by atoms with E-state index < -0.39 is 7.75 Å². The molecule has 12 heavy (non-hydrogen) atoms. The summed E-state index contributed by atoms with van der Waals surface area (Å²) in [6.45, 7) is 2.08. The summed E-state index contributed by atoms with van der Waals surface area (Å²) in [4.78, 5) is 0. The number of morpholine rings is 1. The molecule has 2 N–H and O–H groups in total. The fraction of sp³-hybridized carbons (Fsp3) is 1.00. The Morgan fingerprint density at radius 3 is 2.50 bits per heavy atom. The molecule has 0 saturated carbocycles. The largest absolute Gasteiger partial charge is 0.424 e. The second kappa shape index (κ2) is 4.32. The Hall–Kier alpha value is 0.0300. The maximum atomic E-state index is 11.6. The zero-order chi connectivity index (χ0) is 9.03. The van der Waals surface area contributed by atoms with Gasteiger partial charge in [-0.2, -0.15) is 0 Å². The molecule has 0 bridgehead atoms. The van der Waals surface area contributed by atoms with Crippen LogP contribution in [0.15, 0.2) is 0 Å². The van der Waals surface area contributed by atoms with Gasteiger partial charge < -0.3 is 4.74 Å². The SMILES string of the molecule is COP(=O)(ON)N1CCOCC1. The van der Waals surface area contributed by atoms with Crippen LogP contribution in [0.4, 0.5) is 0 Å². The molecule has 1 aliphatic rings. The van der Waals surface area contributed by atoms with Crippen LogP contribution in [-0.4, -0.2) is 38.1 Å². The summed E-state index contributed by atoms with van der Waals surface area (Å²) < 4.78 is 27.3. The Kier molecular flexibility index (Phi) is 3.64. The maximum absolute atomic E-state index is 11.6. The van der Waals surface area contributed by atoms with Crippen LogP contribution in [0.1, 0.15) is 0 Å². The molecule has 1 atom stereocenters. The summed E-state index contributed by atoms with van der Waals surface area (Å²) >= 11 is 0. The Morgan fingerprint density at radius 1 is 1.50 bits per heavy atom. The molecule has 0 amide bonds. The van der Waals surface area contributed by atoms with E-state index in [4.69, 9.17) is 15.2 Å². The zero-order valence-corrected chi connectivity index (χ0v) is 7.83. The fourth-order valence-corrected chi connectivity index (χ4v) is 2.13. The Bertz CT molecular complexity index is 174. The molecule has 1 rings (SSSR count). The van der Waals surface area contributed by atoms with E-state index in [0.717, 1.165) is 0 Å². The highest BCUT2D eigenvalue weighted by atomic mass is 31.2. The molecule has 1 aliphatic heterocycles. The number of nitrogens with zero attached hydrogens (tertiary/aromatic N) is 1. The smallest absolute Gasteiger partial charge is 0.379 e. The van der Waals surface area contributed by atoms with Crippen molar-refractivity contribution in [3.8, 4) is 0 Å². The van der Waals surface area contributed by atoms with Crippen LogP contribution in [0.5, 0.6) is 0 Å². The minimum absolute atomic E-state index is 0.516. The monoisotopic (exact) mass is 196 g/mol. The van der Waals surface area contributed by atoms with Gasteiger partial charge in [-0.15, -0.1) is 0 Å². The Labute approximate surface area is 71.1 Å². The summed E-state index contributed by atoms with van der Waals surface area (Å²) in [6.07, 6.45) is 0. The average Bonchev–Trinajstić information content (AvgIpc) is 2.18. The standard InChI is InChI=1S/C5H13N2O4P/c1-9-12(8,11-6)7-2-4-10-5-3-7/h2-6H2,1H3. The van der Waals surface area contributed by atoms with Crippen LogP contribution >= 0.6 is 7.75 Å². The lowest BCUT2D eigenvalue weighted by molar-refractivity contribution is 0.0529. The molecule has 7 heteroatoms. The van der Waals surface area contributed by atoms with Gasteiger partial charge >= 0.3 is 7.75 Å². The van der Waals surface area contributed by atoms with E-state index in [0.29, 0.717) is 26.3 Å². The van der Waals surface area contributed by atoms with Gasteiger partial charge in [-0.05, 0) is 0 Å². The molecule has 0 radical (unpaired) electrons. The molecule has 0 spiro atoms. The molecule has 0 aliphatic carbocycles. The van der Waals surface area contributed by atoms with Crippen molar-refractivity contribution in [3.05, 3.63) is 0 Å². The van der Waals surface area contributed by atoms with E-state index in [1.807, 2.05) is 0 Å². The number of nitrogens with two attached hydrogens (primary N) is 1. The molecule has 72 valence electrons. The van der Waals surface area contributed by atoms with Gasteiger partial charge in [0, 0.05) is 20.2 Å². The molecule has 1 fully saturated rings. The first-order valence-corrected chi connectivity index (χ1v) is 5.10. The molecular weight excluding hydrogens is 183 g/mol. The normalized spacial score (nSPS) is 25.2. The second-order valence-corrected chi connectivity index (χ2v) is 4.40. The van der Waals surface area contributed by atoms with Crippen molar-refractivity contribution < 1.29 is 18.5 Å². The van der Waals surface area contributed by atoms with Gasteiger partial charge in [-0.3, -0.25) is 4.52 Å². The fourth-order valence-electron chi connectivity index (χ4n) is 1.02. The Balaban J connectivity index is 2.58. The van der Waals surface area contributed by atoms with Gasteiger partial charge in [0.1, 0.15) is 0 Å². The summed E-state index contributed by atoms with van der Waals surface area (Å²) in [7, 11) is -1.92. The first kappa shape index (κ1) is 10.1. The van der Waals surface area contributed by atoms with E-state index >= 15 is 0 Å². The molecule has 1 heterocycles. The first-order valence-electron chi connectivity index (χ1n) is 3.60. The zero-order valence-electron chi connectivity index (χ0n) is 6.93. The lowest BCUT2D eigenvalue weighted by atomic mass is 10.5. The maximum Gasteiger partial charge on any atom is 0.424 e. The quantitative estimate of drug-likeness (QED) is 0.504. The highest BCUT2D eigenvalue weighted by Crippen LogP contribution is 2.49. The van der Waals surface area contributed by atoms with Gasteiger partial charge in [0.2, 0.25) is 0 Å². The topological polar surface area (TPSA) is 74.0 Å². The lowest BCUT2D eigenvalue weighted by Crippen LogP contribution is -2.35. The van der Waals surface area contributed by atoms with Crippen molar-refractivity contribution in [1.29, 1.82) is 0 Å². The first-order chi connectivity index (χ1) is 5.73. The average molecular weight is 196 g/mol. The van der Waals surface area contributed by atoms with E-state index in [1.54, 1.807) is 4.67 Å². The highest BCUT2D eigenvalue weighted by Gasteiger charge is 2.33.